The Morgan fingerprint density at radius 2 is 1.59 bits per heavy atom. The van der Waals surface area contributed by atoms with Crippen molar-refractivity contribution in [3.8, 4) is 11.1 Å². The van der Waals surface area contributed by atoms with Crippen molar-refractivity contribution in [3.63, 3.8) is 0 Å². The number of carbonyl (C=O) groups excluding carboxylic acids is 1. The van der Waals surface area contributed by atoms with Crippen LogP contribution in [-0.2, 0) is 18.6 Å². The summed E-state index contributed by atoms with van der Waals surface area (Å²) in [5.74, 6) is -1.28. The van der Waals surface area contributed by atoms with Gasteiger partial charge in [-0.25, -0.2) is 0 Å². The summed E-state index contributed by atoms with van der Waals surface area (Å²) in [6.07, 6.45) is -4.68. The van der Waals surface area contributed by atoms with Crippen LogP contribution in [0.4, 0.5) is 0 Å². The zero-order valence-corrected chi connectivity index (χ0v) is 23.8. The summed E-state index contributed by atoms with van der Waals surface area (Å²) < 4.78 is 19.6. The monoisotopic (exact) mass is 509 g/mol. The Morgan fingerprint density at radius 3 is 2.12 bits per heavy atom. The number of ketones is 1. The summed E-state index contributed by atoms with van der Waals surface area (Å²) >= 11 is 0. The van der Waals surface area contributed by atoms with Crippen molar-refractivity contribution >= 4 is 19.7 Å². The number of phosphoric acid groups is 1. The molecule has 2 aromatic carbocycles. The molecule has 2 aromatic rings. The van der Waals surface area contributed by atoms with Crippen LogP contribution >= 0.6 is 7.82 Å². The van der Waals surface area contributed by atoms with Gasteiger partial charge in [0.15, 0.2) is 5.78 Å². The minimum absolute atomic E-state index is 0. The van der Waals surface area contributed by atoms with Crippen molar-refractivity contribution in [1.29, 1.82) is 0 Å². The number of fused-ring (bicyclic) bond motifs is 3. The Morgan fingerprint density at radius 1 is 1.06 bits per heavy atom. The van der Waals surface area contributed by atoms with Crippen LogP contribution in [0.3, 0.4) is 0 Å². The molecule has 0 radical (unpaired) electrons. The maximum Gasteiger partial charge on any atom is 1.00 e. The van der Waals surface area contributed by atoms with Crippen LogP contribution in [0.1, 0.15) is 23.5 Å². The first-order valence-corrected chi connectivity index (χ1v) is 11.3. The molecule has 0 aromatic heterocycles. The normalized spacial score (nSPS) is 16.2. The molecule has 1 aliphatic carbocycles. The van der Waals surface area contributed by atoms with Crippen molar-refractivity contribution in [3.05, 3.63) is 59.7 Å². The van der Waals surface area contributed by atoms with E-state index in [2.05, 4.69) is 9.52 Å². The Balaban J connectivity index is 0.00000289. The van der Waals surface area contributed by atoms with E-state index in [1.54, 1.807) is 0 Å². The molecule has 3 rings (SSSR count). The first-order valence-electron chi connectivity index (χ1n) is 9.77. The number of rotatable bonds is 10. The molecule has 0 amide bonds. The molecule has 172 valence electrons. The van der Waals surface area contributed by atoms with Crippen molar-refractivity contribution in [1.82, 2.24) is 0 Å². The summed E-state index contributed by atoms with van der Waals surface area (Å²) in [7, 11) is -5.12. The largest absolute Gasteiger partial charge is 1.00 e. The zero-order chi connectivity index (χ0) is 23.3. The summed E-state index contributed by atoms with van der Waals surface area (Å²) in [5, 5.41) is 31.5. The molecule has 0 aliphatic heterocycles. The minimum Gasteiger partial charge on any atom is -0.756 e. The minimum atomic E-state index is -5.12. The fourth-order valence-electron chi connectivity index (χ4n) is 3.53. The second kappa shape index (κ2) is 14.2. The third-order valence-corrected chi connectivity index (χ3v) is 5.52. The number of aliphatic hydroxyl groups is 2. The van der Waals surface area contributed by atoms with E-state index in [0.717, 1.165) is 22.3 Å². The molecule has 1 aliphatic rings. The van der Waals surface area contributed by atoms with Gasteiger partial charge in [0.2, 0.25) is 0 Å². The number of benzene rings is 2. The van der Waals surface area contributed by atoms with E-state index in [4.69, 9.17) is 9.63 Å². The predicted molar refractivity (Wildman–Crippen MR) is 109 cm³/mol. The maximum absolute atomic E-state index is 12.0. The van der Waals surface area contributed by atoms with Crippen LogP contribution in [0.15, 0.2) is 53.5 Å². The van der Waals surface area contributed by atoms with Gasteiger partial charge in [-0.1, -0.05) is 48.5 Å². The third-order valence-electron chi connectivity index (χ3n) is 5.07. The molecule has 10 nitrogen and oxygen atoms in total. The number of nitrogens with zero attached hydrogens (tertiary/aromatic N) is 1. The van der Waals surface area contributed by atoms with E-state index in [-0.39, 0.29) is 84.6 Å². The smallest absolute Gasteiger partial charge is 0.756 e. The second-order valence-electron chi connectivity index (χ2n) is 7.19. The fraction of sp³-hybridized carbons (Fsp3) is 0.333. The fourth-order valence-corrected chi connectivity index (χ4v) is 3.82. The van der Waals surface area contributed by atoms with Crippen molar-refractivity contribution in [2.75, 3.05) is 19.8 Å². The number of phosphoric ester groups is 1. The number of carbonyl (C=O) groups is 1. The molecule has 0 saturated heterocycles. The van der Waals surface area contributed by atoms with E-state index >= 15 is 0 Å². The second-order valence-corrected chi connectivity index (χ2v) is 8.39. The van der Waals surface area contributed by atoms with Gasteiger partial charge in [0, 0.05) is 19.1 Å². The summed E-state index contributed by atoms with van der Waals surface area (Å²) in [5.41, 5.74) is 4.26. The Bertz CT molecular complexity index is 1000. The van der Waals surface area contributed by atoms with Crippen LogP contribution in [0.25, 0.3) is 11.1 Å². The average Bonchev–Trinajstić information content (AvgIpc) is 3.08. The van der Waals surface area contributed by atoms with Gasteiger partial charge in [-0.2, -0.15) is 0 Å². The van der Waals surface area contributed by atoms with Gasteiger partial charge < -0.3 is 34.4 Å². The Labute approximate surface area is 240 Å². The third kappa shape index (κ3) is 8.51. The molecule has 2 unspecified atom stereocenters. The number of aliphatic imine (C=N–C) groups is 1. The molecule has 13 heteroatoms. The van der Waals surface area contributed by atoms with Gasteiger partial charge in [-0.3, -0.25) is 14.4 Å². The van der Waals surface area contributed by atoms with Gasteiger partial charge in [0.25, 0.3) is 7.82 Å². The molecule has 3 atom stereocenters. The van der Waals surface area contributed by atoms with E-state index in [0.29, 0.717) is 0 Å². The van der Waals surface area contributed by atoms with E-state index < -0.39 is 38.5 Å². The maximum atomic E-state index is 12.0. The van der Waals surface area contributed by atoms with Crippen molar-refractivity contribution < 1.29 is 103 Å². The first kappa shape index (κ1) is 31.4. The van der Waals surface area contributed by atoms with Crippen LogP contribution in [0.5, 0.6) is 0 Å². The SMILES string of the molecule is O=C(COP(=O)([O-])O)[C@H](O)C(O)CCN=C([O-])OCC1c2ccccc2-c2ccccc21.[Na+].[Na+]. The van der Waals surface area contributed by atoms with Gasteiger partial charge in [0.1, 0.15) is 18.8 Å². The zero-order valence-electron chi connectivity index (χ0n) is 18.9. The van der Waals surface area contributed by atoms with Gasteiger partial charge in [-0.05, 0) is 28.7 Å². The number of hydrogen-bond donors (Lipinski definition) is 3. The molecule has 34 heavy (non-hydrogen) atoms. The number of hydrogen-bond acceptors (Lipinski definition) is 9. The average molecular weight is 509 g/mol. The summed E-state index contributed by atoms with van der Waals surface area (Å²) in [4.78, 5) is 34.1. The van der Waals surface area contributed by atoms with Crippen molar-refractivity contribution in [2.24, 2.45) is 4.99 Å². The van der Waals surface area contributed by atoms with E-state index in [1.165, 1.54) is 0 Å². The van der Waals surface area contributed by atoms with E-state index in [1.807, 2.05) is 48.5 Å². The van der Waals surface area contributed by atoms with Crippen LogP contribution < -0.4 is 69.1 Å². The van der Waals surface area contributed by atoms with Crippen LogP contribution in [0, 0.1) is 0 Å². The Hall–Kier alpha value is -0.590. The van der Waals surface area contributed by atoms with Gasteiger partial charge >= 0.3 is 59.1 Å². The molecule has 0 saturated carbocycles. The number of ether oxygens (including phenoxy) is 1. The molecular formula is C21H22NNa2O9P. The van der Waals surface area contributed by atoms with Crippen LogP contribution in [-0.4, -0.2) is 58.9 Å². The van der Waals surface area contributed by atoms with Gasteiger partial charge in [-0.15, -0.1) is 0 Å². The Kier molecular flexibility index (Phi) is 13.2. The quantitative estimate of drug-likeness (QED) is 0.122. The predicted octanol–water partition coefficient (Wildman–Crippen LogP) is -6.30. The number of Topliss-reactive ketones (excluding diaryl/α,β-unsaturated/α-hetero) is 1. The molecule has 0 spiro atoms. The molecule has 0 fully saturated rings. The number of aliphatic hydroxyl groups excluding tert-OH is 2. The van der Waals surface area contributed by atoms with Crippen molar-refractivity contribution in [2.45, 2.75) is 24.5 Å². The standard InChI is InChI=1S/C21H24NO9P.2Na/c23-18(20(25)19(24)12-31-32(27,28)29)9-10-22-21(26)30-11-17-15-7-3-1-5-13(15)14-6-2-4-8-16(14)17;;/h1-8,17-18,20,23,25H,9-12H2,(H,22,26)(H2,27,28,29);;/q;2*+1/p-2/t18?,20-;;/m1../s1. The topological polar surface area (TPSA) is 172 Å². The van der Waals surface area contributed by atoms with Gasteiger partial charge in [0.05, 0.1) is 6.10 Å². The molecule has 0 bridgehead atoms. The summed E-state index contributed by atoms with van der Waals surface area (Å²) in [6, 6.07) is 15.7. The molecular weight excluding hydrogens is 487 g/mol. The summed E-state index contributed by atoms with van der Waals surface area (Å²) in [6.45, 7) is -1.28. The van der Waals surface area contributed by atoms with Crippen LogP contribution in [0.2, 0.25) is 0 Å². The molecule has 0 heterocycles. The van der Waals surface area contributed by atoms with E-state index in [9.17, 15) is 29.6 Å². The first-order chi connectivity index (χ1) is 15.2. The molecule has 3 N–H and O–H groups in total.